The van der Waals surface area contributed by atoms with Crippen LogP contribution in [0.5, 0.6) is 5.75 Å². The summed E-state index contributed by atoms with van der Waals surface area (Å²) in [6, 6.07) is 7.90. The van der Waals surface area contributed by atoms with Crippen LogP contribution in [0.2, 0.25) is 0 Å². The summed E-state index contributed by atoms with van der Waals surface area (Å²) in [6.07, 6.45) is 0.949. The van der Waals surface area contributed by atoms with Gasteiger partial charge in [0.25, 0.3) is 0 Å². The lowest BCUT2D eigenvalue weighted by atomic mass is 10.0. The number of methoxy groups -OCH3 is 1. The maximum atomic E-state index is 11.2. The van der Waals surface area contributed by atoms with E-state index in [1.54, 1.807) is 24.3 Å². The van der Waals surface area contributed by atoms with Gasteiger partial charge in [0.05, 0.1) is 7.11 Å². The Hall–Kier alpha value is -2.56. The number of hydrogen-bond donors (Lipinski definition) is 1. The molecule has 5 nitrogen and oxygen atoms in total. The predicted octanol–water partition coefficient (Wildman–Crippen LogP) is 2.01. The summed E-state index contributed by atoms with van der Waals surface area (Å²) >= 11 is 0. The highest BCUT2D eigenvalue weighted by Crippen LogP contribution is 2.24. The second-order valence-corrected chi connectivity index (χ2v) is 3.56. The van der Waals surface area contributed by atoms with Gasteiger partial charge < -0.3 is 14.3 Å². The van der Waals surface area contributed by atoms with Crippen molar-refractivity contribution in [2.75, 3.05) is 7.11 Å². The molecular formula is C13H10O5. The van der Waals surface area contributed by atoms with Gasteiger partial charge in [-0.05, 0) is 17.7 Å². The highest BCUT2D eigenvalue weighted by Gasteiger charge is 2.13. The predicted molar refractivity (Wildman–Crippen MR) is 63.9 cm³/mol. The Bertz CT molecular complexity index is 625. The second-order valence-electron chi connectivity index (χ2n) is 3.56. The number of hydrogen-bond acceptors (Lipinski definition) is 4. The number of carbonyl (C=O) groups is 1. The van der Waals surface area contributed by atoms with Crippen molar-refractivity contribution in [1.29, 1.82) is 0 Å². The molecule has 0 bridgehead atoms. The van der Waals surface area contributed by atoms with Gasteiger partial charge in [0.1, 0.15) is 17.6 Å². The molecule has 92 valence electrons. The molecule has 18 heavy (non-hydrogen) atoms. The van der Waals surface area contributed by atoms with Gasteiger partial charge in [0.15, 0.2) is 0 Å². The number of aromatic carboxylic acids is 1. The molecule has 1 aromatic heterocycles. The molecule has 0 saturated carbocycles. The fourth-order valence-electron chi connectivity index (χ4n) is 1.59. The molecule has 0 aliphatic rings. The molecule has 5 heteroatoms. The van der Waals surface area contributed by atoms with Gasteiger partial charge in [-0.1, -0.05) is 12.1 Å². The van der Waals surface area contributed by atoms with E-state index in [4.69, 9.17) is 9.84 Å². The van der Waals surface area contributed by atoms with Crippen molar-refractivity contribution in [3.05, 3.63) is 52.6 Å². The van der Waals surface area contributed by atoms with Gasteiger partial charge in [-0.15, -0.1) is 0 Å². The minimum atomic E-state index is -1.15. The molecule has 0 saturated heterocycles. The quantitative estimate of drug-likeness (QED) is 0.896. The lowest BCUT2D eigenvalue weighted by Crippen LogP contribution is -2.05. The molecule has 2 rings (SSSR count). The van der Waals surface area contributed by atoms with E-state index in [1.165, 1.54) is 7.11 Å². The monoisotopic (exact) mass is 246 g/mol. The van der Waals surface area contributed by atoms with Crippen LogP contribution in [0, 0.1) is 0 Å². The summed E-state index contributed by atoms with van der Waals surface area (Å²) in [6.45, 7) is 0. The maximum Gasteiger partial charge on any atom is 0.339 e. The summed E-state index contributed by atoms with van der Waals surface area (Å²) in [5, 5.41) is 9.03. The average Bonchev–Trinajstić information content (AvgIpc) is 2.38. The summed E-state index contributed by atoms with van der Waals surface area (Å²) in [5.41, 5.74) is 0.285. The molecule has 0 aliphatic heterocycles. The van der Waals surface area contributed by atoms with Crippen LogP contribution in [-0.2, 0) is 0 Å². The van der Waals surface area contributed by atoms with Gasteiger partial charge in [-0.3, -0.25) is 0 Å². The van der Waals surface area contributed by atoms with Crippen LogP contribution in [0.15, 0.2) is 45.8 Å². The van der Waals surface area contributed by atoms with Gasteiger partial charge in [-0.2, -0.15) is 0 Å². The molecule has 0 radical (unpaired) electrons. The molecule has 1 N–H and O–H groups in total. The van der Waals surface area contributed by atoms with Crippen LogP contribution >= 0.6 is 0 Å². The highest BCUT2D eigenvalue weighted by molar-refractivity contribution is 5.95. The standard InChI is InChI=1S/C13H10O5/c1-17-9-4-2-8(3-5-9)10-6-12(14)18-7-11(10)13(15)16/h2-7H,1H3,(H,15,16). The van der Waals surface area contributed by atoms with Crippen molar-refractivity contribution >= 4 is 5.97 Å². The smallest absolute Gasteiger partial charge is 0.339 e. The summed E-state index contributed by atoms with van der Waals surface area (Å²) in [4.78, 5) is 22.2. The van der Waals surface area contributed by atoms with Crippen LogP contribution in [0.4, 0.5) is 0 Å². The Morgan fingerprint density at radius 3 is 2.50 bits per heavy atom. The fourth-order valence-corrected chi connectivity index (χ4v) is 1.59. The molecule has 2 aromatic rings. The number of ether oxygens (including phenoxy) is 1. The summed E-state index contributed by atoms with van der Waals surface area (Å²) in [5.74, 6) is -0.497. The minimum absolute atomic E-state index is 0.0558. The van der Waals surface area contributed by atoms with E-state index in [2.05, 4.69) is 4.42 Å². The number of benzene rings is 1. The number of rotatable bonds is 3. The number of carboxylic acid groups (broad SMARTS) is 1. The van der Waals surface area contributed by atoms with Crippen molar-refractivity contribution in [3.8, 4) is 16.9 Å². The first-order chi connectivity index (χ1) is 8.61. The molecule has 0 amide bonds. The van der Waals surface area contributed by atoms with Crippen LogP contribution < -0.4 is 10.4 Å². The fraction of sp³-hybridized carbons (Fsp3) is 0.0769. The van der Waals surface area contributed by atoms with Gasteiger partial charge in [0.2, 0.25) is 0 Å². The van der Waals surface area contributed by atoms with Gasteiger partial charge >= 0.3 is 11.6 Å². The van der Waals surface area contributed by atoms with Crippen molar-refractivity contribution in [3.63, 3.8) is 0 Å². The molecule has 0 unspecified atom stereocenters. The lowest BCUT2D eigenvalue weighted by Gasteiger charge is -2.05. The van der Waals surface area contributed by atoms with Crippen molar-refractivity contribution < 1.29 is 19.1 Å². The molecule has 0 atom stereocenters. The van der Waals surface area contributed by atoms with Crippen LogP contribution in [-0.4, -0.2) is 18.2 Å². The van der Waals surface area contributed by atoms with Crippen LogP contribution in [0.1, 0.15) is 10.4 Å². The summed E-state index contributed by atoms with van der Waals surface area (Å²) in [7, 11) is 1.54. The van der Waals surface area contributed by atoms with E-state index in [9.17, 15) is 9.59 Å². The highest BCUT2D eigenvalue weighted by atomic mass is 16.5. The second kappa shape index (κ2) is 4.75. The Morgan fingerprint density at radius 2 is 1.94 bits per heavy atom. The first kappa shape index (κ1) is 11.9. The topological polar surface area (TPSA) is 76.7 Å². The van der Waals surface area contributed by atoms with Crippen LogP contribution in [0.25, 0.3) is 11.1 Å². The van der Waals surface area contributed by atoms with Crippen molar-refractivity contribution in [2.24, 2.45) is 0 Å². The maximum absolute atomic E-state index is 11.2. The van der Waals surface area contributed by atoms with E-state index in [-0.39, 0.29) is 5.56 Å². The van der Waals surface area contributed by atoms with E-state index < -0.39 is 11.6 Å². The largest absolute Gasteiger partial charge is 0.497 e. The molecule has 0 spiro atoms. The molecule has 1 aromatic carbocycles. The van der Waals surface area contributed by atoms with E-state index in [0.29, 0.717) is 16.9 Å². The molecule has 1 heterocycles. The Morgan fingerprint density at radius 1 is 1.28 bits per heavy atom. The third-order valence-corrected chi connectivity index (χ3v) is 2.48. The lowest BCUT2D eigenvalue weighted by molar-refractivity contribution is 0.0695. The zero-order valence-electron chi connectivity index (χ0n) is 9.54. The normalized spacial score (nSPS) is 10.1. The van der Waals surface area contributed by atoms with Gasteiger partial charge in [-0.25, -0.2) is 9.59 Å². The van der Waals surface area contributed by atoms with E-state index in [0.717, 1.165) is 12.3 Å². The Labute approximate surface area is 102 Å². The first-order valence-electron chi connectivity index (χ1n) is 5.12. The summed E-state index contributed by atoms with van der Waals surface area (Å²) < 4.78 is 9.58. The zero-order valence-corrected chi connectivity index (χ0v) is 9.54. The molecule has 0 fully saturated rings. The minimum Gasteiger partial charge on any atom is -0.497 e. The SMILES string of the molecule is COc1ccc(-c2cc(=O)occ2C(=O)O)cc1. The third kappa shape index (κ3) is 2.24. The zero-order chi connectivity index (χ0) is 13.1. The van der Waals surface area contributed by atoms with Gasteiger partial charge in [0, 0.05) is 11.6 Å². The molecule has 0 aliphatic carbocycles. The Kier molecular flexibility index (Phi) is 3.14. The van der Waals surface area contributed by atoms with Crippen molar-refractivity contribution in [1.82, 2.24) is 0 Å². The number of carboxylic acids is 1. The molecular weight excluding hydrogens is 236 g/mol. The van der Waals surface area contributed by atoms with E-state index >= 15 is 0 Å². The third-order valence-electron chi connectivity index (χ3n) is 2.48. The first-order valence-corrected chi connectivity index (χ1v) is 5.12. The average molecular weight is 246 g/mol. The Balaban J connectivity index is 2.57. The van der Waals surface area contributed by atoms with Crippen molar-refractivity contribution in [2.45, 2.75) is 0 Å². The van der Waals surface area contributed by atoms with E-state index in [1.807, 2.05) is 0 Å². The van der Waals surface area contributed by atoms with Crippen LogP contribution in [0.3, 0.4) is 0 Å².